The Morgan fingerprint density at radius 2 is 2.00 bits per heavy atom. The number of aromatic nitrogens is 2. The van der Waals surface area contributed by atoms with Crippen molar-refractivity contribution < 1.29 is 9.32 Å². The normalized spacial score (nSPS) is 15.8. The number of carbonyl (C=O) groups excluding carboxylic acids is 1. The molecule has 1 aromatic carbocycles. The molecule has 0 unspecified atom stereocenters. The number of amides is 2. The van der Waals surface area contributed by atoms with E-state index >= 15 is 0 Å². The van der Waals surface area contributed by atoms with Crippen LogP contribution in [-0.2, 0) is 0 Å². The highest BCUT2D eigenvalue weighted by Gasteiger charge is 2.23. The van der Waals surface area contributed by atoms with Crippen LogP contribution in [0, 0.1) is 6.92 Å². The van der Waals surface area contributed by atoms with Crippen LogP contribution in [0.1, 0.15) is 18.4 Å². The van der Waals surface area contributed by atoms with Crippen molar-refractivity contribution in [3.63, 3.8) is 0 Å². The monoisotopic (exact) mass is 301 g/mol. The van der Waals surface area contributed by atoms with Crippen LogP contribution < -0.4 is 16.0 Å². The highest BCUT2D eigenvalue weighted by atomic mass is 16.5. The van der Waals surface area contributed by atoms with Crippen LogP contribution in [0.15, 0.2) is 28.8 Å². The SMILES string of the molecule is Cc1ccc(-c2noc(N3CCC(NC(N)=O)CC3)n2)cc1. The van der Waals surface area contributed by atoms with Gasteiger partial charge in [0.05, 0.1) is 0 Å². The molecule has 2 heterocycles. The zero-order valence-corrected chi connectivity index (χ0v) is 12.5. The number of carbonyl (C=O) groups is 1. The number of nitrogens with two attached hydrogens (primary N) is 1. The Morgan fingerprint density at radius 1 is 1.32 bits per heavy atom. The van der Waals surface area contributed by atoms with E-state index in [1.54, 1.807) is 0 Å². The number of nitrogens with one attached hydrogen (secondary N) is 1. The number of rotatable bonds is 3. The average Bonchev–Trinajstić information content (AvgIpc) is 2.98. The van der Waals surface area contributed by atoms with Crippen LogP contribution in [0.3, 0.4) is 0 Å². The number of benzene rings is 1. The fourth-order valence-corrected chi connectivity index (χ4v) is 2.58. The molecule has 1 fully saturated rings. The average molecular weight is 301 g/mol. The van der Waals surface area contributed by atoms with E-state index in [0.29, 0.717) is 11.8 Å². The van der Waals surface area contributed by atoms with Crippen molar-refractivity contribution in [3.05, 3.63) is 29.8 Å². The van der Waals surface area contributed by atoms with E-state index in [-0.39, 0.29) is 6.04 Å². The molecule has 0 bridgehead atoms. The molecule has 3 rings (SSSR count). The van der Waals surface area contributed by atoms with Gasteiger partial charge in [0.1, 0.15) is 0 Å². The van der Waals surface area contributed by atoms with Crippen molar-refractivity contribution in [2.45, 2.75) is 25.8 Å². The first-order chi connectivity index (χ1) is 10.6. The predicted octanol–water partition coefficient (Wildman–Crippen LogP) is 1.68. The van der Waals surface area contributed by atoms with Crippen molar-refractivity contribution in [2.75, 3.05) is 18.0 Å². The second-order valence-corrected chi connectivity index (χ2v) is 5.54. The van der Waals surface area contributed by atoms with Crippen LogP contribution in [0.4, 0.5) is 10.8 Å². The van der Waals surface area contributed by atoms with Crippen molar-refractivity contribution in [1.82, 2.24) is 15.5 Å². The van der Waals surface area contributed by atoms with Gasteiger partial charge < -0.3 is 20.5 Å². The fourth-order valence-electron chi connectivity index (χ4n) is 2.58. The van der Waals surface area contributed by atoms with Crippen molar-refractivity contribution in [1.29, 1.82) is 0 Å². The highest BCUT2D eigenvalue weighted by Crippen LogP contribution is 2.22. The molecular formula is C15H19N5O2. The lowest BCUT2D eigenvalue weighted by molar-refractivity contribution is 0.242. The van der Waals surface area contributed by atoms with Crippen LogP contribution in [0.5, 0.6) is 0 Å². The lowest BCUT2D eigenvalue weighted by atomic mass is 10.1. The third kappa shape index (κ3) is 3.19. The second kappa shape index (κ2) is 6.05. The first-order valence-corrected chi connectivity index (χ1v) is 7.33. The highest BCUT2D eigenvalue weighted by molar-refractivity contribution is 5.72. The maximum Gasteiger partial charge on any atom is 0.324 e. The van der Waals surface area contributed by atoms with Crippen LogP contribution in [0.2, 0.25) is 0 Å². The molecular weight excluding hydrogens is 282 g/mol. The Labute approximate surface area is 128 Å². The Balaban J connectivity index is 1.65. The number of primary amides is 1. The lowest BCUT2D eigenvalue weighted by Gasteiger charge is -2.30. The number of urea groups is 1. The van der Waals surface area contributed by atoms with E-state index in [1.165, 1.54) is 5.56 Å². The van der Waals surface area contributed by atoms with E-state index < -0.39 is 6.03 Å². The standard InChI is InChI=1S/C15H19N5O2/c1-10-2-4-11(5-3-10)13-18-15(22-19-13)20-8-6-12(7-9-20)17-14(16)21/h2-5,12H,6-9H2,1H3,(H3,16,17,21). The van der Waals surface area contributed by atoms with Gasteiger partial charge in [0.25, 0.3) is 0 Å². The Hall–Kier alpha value is -2.57. The predicted molar refractivity (Wildman–Crippen MR) is 82.4 cm³/mol. The molecule has 116 valence electrons. The number of piperidine rings is 1. The van der Waals surface area contributed by atoms with Gasteiger partial charge in [0.2, 0.25) is 5.82 Å². The van der Waals surface area contributed by atoms with Crippen molar-refractivity contribution >= 4 is 12.0 Å². The zero-order chi connectivity index (χ0) is 15.5. The molecule has 0 aliphatic carbocycles. The molecule has 2 aromatic rings. The Morgan fingerprint density at radius 3 is 2.64 bits per heavy atom. The number of hydrogen-bond acceptors (Lipinski definition) is 5. The number of nitrogens with zero attached hydrogens (tertiary/aromatic N) is 3. The van der Waals surface area contributed by atoms with E-state index in [1.807, 2.05) is 36.1 Å². The minimum atomic E-state index is -0.474. The zero-order valence-electron chi connectivity index (χ0n) is 12.5. The van der Waals surface area contributed by atoms with E-state index in [4.69, 9.17) is 10.3 Å². The van der Waals surface area contributed by atoms with Gasteiger partial charge in [0, 0.05) is 24.7 Å². The molecule has 0 atom stereocenters. The van der Waals surface area contributed by atoms with Crippen molar-refractivity contribution in [2.24, 2.45) is 5.73 Å². The first-order valence-electron chi connectivity index (χ1n) is 7.33. The van der Waals surface area contributed by atoms with Gasteiger partial charge in [-0.1, -0.05) is 35.0 Å². The first kappa shape index (κ1) is 14.4. The summed E-state index contributed by atoms with van der Waals surface area (Å²) in [5, 5.41) is 6.78. The molecule has 0 spiro atoms. The molecule has 7 heteroatoms. The van der Waals surface area contributed by atoms with Gasteiger partial charge in [0.15, 0.2) is 0 Å². The Bertz CT molecular complexity index is 644. The molecule has 0 radical (unpaired) electrons. The maximum absolute atomic E-state index is 10.9. The van der Waals surface area contributed by atoms with Crippen LogP contribution >= 0.6 is 0 Å². The maximum atomic E-state index is 10.9. The summed E-state index contributed by atoms with van der Waals surface area (Å²) >= 11 is 0. The molecule has 1 aliphatic heterocycles. The molecule has 7 nitrogen and oxygen atoms in total. The van der Waals surface area contributed by atoms with Gasteiger partial charge >= 0.3 is 12.0 Å². The lowest BCUT2D eigenvalue weighted by Crippen LogP contribution is -2.46. The summed E-state index contributed by atoms with van der Waals surface area (Å²) in [4.78, 5) is 17.3. The summed E-state index contributed by atoms with van der Waals surface area (Å²) in [6, 6.07) is 8.16. The van der Waals surface area contributed by atoms with Crippen LogP contribution in [-0.4, -0.2) is 35.3 Å². The summed E-state index contributed by atoms with van der Waals surface area (Å²) < 4.78 is 5.36. The third-order valence-electron chi connectivity index (χ3n) is 3.84. The van der Waals surface area contributed by atoms with E-state index in [0.717, 1.165) is 31.5 Å². The topological polar surface area (TPSA) is 97.3 Å². The number of hydrogen-bond donors (Lipinski definition) is 2. The summed E-state index contributed by atoms with van der Waals surface area (Å²) in [5.41, 5.74) is 7.27. The van der Waals surface area contributed by atoms with E-state index in [2.05, 4.69) is 15.5 Å². The Kier molecular flexibility index (Phi) is 3.95. The quantitative estimate of drug-likeness (QED) is 0.899. The minimum absolute atomic E-state index is 0.119. The molecule has 1 aliphatic rings. The third-order valence-corrected chi connectivity index (χ3v) is 3.84. The molecule has 3 N–H and O–H groups in total. The van der Waals surface area contributed by atoms with Gasteiger partial charge in [-0.2, -0.15) is 4.98 Å². The number of aryl methyl sites for hydroxylation is 1. The largest absolute Gasteiger partial charge is 0.352 e. The van der Waals surface area contributed by atoms with Crippen molar-refractivity contribution in [3.8, 4) is 11.4 Å². The molecule has 1 saturated heterocycles. The smallest absolute Gasteiger partial charge is 0.324 e. The summed E-state index contributed by atoms with van der Waals surface area (Å²) in [7, 11) is 0. The minimum Gasteiger partial charge on any atom is -0.352 e. The summed E-state index contributed by atoms with van der Waals surface area (Å²) in [6.07, 6.45) is 1.62. The molecule has 22 heavy (non-hydrogen) atoms. The van der Waals surface area contributed by atoms with Gasteiger partial charge in [-0.3, -0.25) is 0 Å². The molecule has 0 saturated carbocycles. The summed E-state index contributed by atoms with van der Waals surface area (Å²) in [6.45, 7) is 3.54. The van der Waals surface area contributed by atoms with Gasteiger partial charge in [-0.25, -0.2) is 4.79 Å². The number of anilines is 1. The summed E-state index contributed by atoms with van der Waals surface area (Å²) in [5.74, 6) is 0.590. The fraction of sp³-hybridized carbons (Fsp3) is 0.400. The van der Waals surface area contributed by atoms with Crippen LogP contribution in [0.25, 0.3) is 11.4 Å². The van der Waals surface area contributed by atoms with Gasteiger partial charge in [-0.15, -0.1) is 0 Å². The molecule has 2 amide bonds. The van der Waals surface area contributed by atoms with E-state index in [9.17, 15) is 4.79 Å². The molecule has 1 aromatic heterocycles. The second-order valence-electron chi connectivity index (χ2n) is 5.54. The van der Waals surface area contributed by atoms with Gasteiger partial charge in [-0.05, 0) is 19.8 Å².